The number of aliphatic hydroxyl groups excluding tert-OH is 1. The molecule has 0 aliphatic carbocycles. The second kappa shape index (κ2) is 9.73. The zero-order valence-corrected chi connectivity index (χ0v) is 19.2. The summed E-state index contributed by atoms with van der Waals surface area (Å²) < 4.78 is 50.2. The highest BCUT2D eigenvalue weighted by Gasteiger charge is 2.46. The van der Waals surface area contributed by atoms with Gasteiger partial charge < -0.3 is 19.5 Å². The van der Waals surface area contributed by atoms with Crippen molar-refractivity contribution in [2.24, 2.45) is 0 Å². The number of aliphatic hydroxyl groups is 1. The number of halogens is 3. The Labute approximate surface area is 204 Å². The molecule has 10 heteroatoms. The number of hydrogen-bond acceptors (Lipinski definition) is 6. The number of ketones is 1. The van der Waals surface area contributed by atoms with Crippen molar-refractivity contribution in [1.29, 1.82) is 0 Å². The topological polar surface area (TPSA) is 89.0 Å². The van der Waals surface area contributed by atoms with Crippen molar-refractivity contribution < 1.29 is 37.3 Å². The van der Waals surface area contributed by atoms with Gasteiger partial charge in [0, 0.05) is 25.0 Å². The largest absolute Gasteiger partial charge is 0.507 e. The predicted molar refractivity (Wildman–Crippen MR) is 123 cm³/mol. The number of rotatable bonds is 6. The molecular formula is C26H21F3N2O5. The Kier molecular flexibility index (Phi) is 6.69. The van der Waals surface area contributed by atoms with Crippen LogP contribution in [-0.4, -0.2) is 40.9 Å². The molecule has 1 fully saturated rings. The second-order valence-electron chi connectivity index (χ2n) is 7.98. The van der Waals surface area contributed by atoms with Crippen molar-refractivity contribution in [2.45, 2.75) is 18.8 Å². The van der Waals surface area contributed by atoms with Crippen molar-refractivity contribution in [3.05, 3.63) is 94.8 Å². The lowest BCUT2D eigenvalue weighted by Crippen LogP contribution is -2.29. The minimum Gasteiger partial charge on any atom is -0.507 e. The van der Waals surface area contributed by atoms with Crippen LogP contribution in [0.1, 0.15) is 28.3 Å². The van der Waals surface area contributed by atoms with Crippen molar-refractivity contribution in [2.75, 3.05) is 14.2 Å². The summed E-state index contributed by atoms with van der Waals surface area (Å²) in [5.41, 5.74) is -0.398. The van der Waals surface area contributed by atoms with Gasteiger partial charge in [0.25, 0.3) is 11.7 Å². The first kappa shape index (κ1) is 24.8. The van der Waals surface area contributed by atoms with E-state index in [1.807, 2.05) is 0 Å². The van der Waals surface area contributed by atoms with Crippen LogP contribution in [0, 0.1) is 0 Å². The summed E-state index contributed by atoms with van der Waals surface area (Å²) in [4.78, 5) is 31.5. The maximum absolute atomic E-state index is 13.2. The molecule has 186 valence electrons. The summed E-state index contributed by atoms with van der Waals surface area (Å²) >= 11 is 0. The SMILES string of the molecule is COc1ccc(/C(O)=C2/C(=O)C(=O)N(Cc3cccc(C(F)(F)F)c3)C2c2cccnc2)c(OC)c1. The van der Waals surface area contributed by atoms with Gasteiger partial charge in [-0.3, -0.25) is 14.6 Å². The Balaban J connectivity index is 1.85. The molecule has 2 aromatic carbocycles. The number of carbonyl (C=O) groups is 2. The van der Waals surface area contributed by atoms with Crippen molar-refractivity contribution >= 4 is 17.4 Å². The summed E-state index contributed by atoms with van der Waals surface area (Å²) in [5.74, 6) is -1.80. The molecule has 1 unspecified atom stereocenters. The van der Waals surface area contributed by atoms with Crippen LogP contribution >= 0.6 is 0 Å². The minimum absolute atomic E-state index is 0.143. The van der Waals surface area contributed by atoms with Gasteiger partial charge >= 0.3 is 6.18 Å². The van der Waals surface area contributed by atoms with E-state index in [1.165, 1.54) is 50.9 Å². The van der Waals surface area contributed by atoms with Crippen molar-refractivity contribution in [1.82, 2.24) is 9.88 Å². The molecule has 2 heterocycles. The molecule has 4 rings (SSSR count). The third-order valence-corrected chi connectivity index (χ3v) is 5.81. The van der Waals surface area contributed by atoms with Gasteiger partial charge in [-0.1, -0.05) is 18.2 Å². The lowest BCUT2D eigenvalue weighted by Gasteiger charge is -2.25. The highest BCUT2D eigenvalue weighted by molar-refractivity contribution is 6.46. The molecule has 3 aromatic rings. The van der Waals surface area contributed by atoms with Gasteiger partial charge in [0.15, 0.2) is 0 Å². The van der Waals surface area contributed by atoms with E-state index in [4.69, 9.17) is 9.47 Å². The number of carbonyl (C=O) groups excluding carboxylic acids is 2. The number of nitrogens with zero attached hydrogens (tertiary/aromatic N) is 2. The van der Waals surface area contributed by atoms with E-state index in [1.54, 1.807) is 18.2 Å². The van der Waals surface area contributed by atoms with Gasteiger partial charge in [-0.25, -0.2) is 0 Å². The smallest absolute Gasteiger partial charge is 0.416 e. The van der Waals surface area contributed by atoms with Gasteiger partial charge in [-0.05, 0) is 41.5 Å². The van der Waals surface area contributed by atoms with Crippen LogP contribution in [0.15, 0.2) is 72.6 Å². The third-order valence-electron chi connectivity index (χ3n) is 5.81. The van der Waals surface area contributed by atoms with Crippen LogP contribution in [-0.2, 0) is 22.3 Å². The number of hydrogen-bond donors (Lipinski definition) is 1. The van der Waals surface area contributed by atoms with E-state index in [-0.39, 0.29) is 29.0 Å². The molecule has 36 heavy (non-hydrogen) atoms. The fraction of sp³-hybridized carbons (Fsp3) is 0.192. The Morgan fingerprint density at radius 2 is 1.83 bits per heavy atom. The number of Topliss-reactive ketones (excluding diaryl/α,β-unsaturated/α-hetero) is 1. The summed E-state index contributed by atoms with van der Waals surface area (Å²) in [6.45, 7) is -0.301. The zero-order chi connectivity index (χ0) is 26.0. The van der Waals surface area contributed by atoms with Crippen LogP contribution in [0.4, 0.5) is 13.2 Å². The molecule has 1 aliphatic heterocycles. The Hall–Kier alpha value is -4.34. The van der Waals surface area contributed by atoms with Crippen molar-refractivity contribution in [3.63, 3.8) is 0 Å². The molecule has 7 nitrogen and oxygen atoms in total. The van der Waals surface area contributed by atoms with Gasteiger partial charge in [0.2, 0.25) is 0 Å². The number of benzene rings is 2. The molecule has 0 saturated carbocycles. The molecule has 1 saturated heterocycles. The maximum Gasteiger partial charge on any atom is 0.416 e. The summed E-state index contributed by atoms with van der Waals surface area (Å²) in [7, 11) is 2.83. The van der Waals surface area contributed by atoms with Crippen LogP contribution in [0.2, 0.25) is 0 Å². The molecule has 1 aliphatic rings. The first-order chi connectivity index (χ1) is 17.2. The van der Waals surface area contributed by atoms with Crippen LogP contribution < -0.4 is 9.47 Å². The summed E-state index contributed by atoms with van der Waals surface area (Å²) in [6, 6.07) is 11.2. The number of likely N-dealkylation sites (tertiary alicyclic amines) is 1. The van der Waals surface area contributed by atoms with Crippen LogP contribution in [0.5, 0.6) is 11.5 Å². The molecule has 1 N–H and O–H groups in total. The minimum atomic E-state index is -4.57. The first-order valence-electron chi connectivity index (χ1n) is 10.7. The first-order valence-corrected chi connectivity index (χ1v) is 10.7. The van der Waals surface area contributed by atoms with Gasteiger partial charge in [0.05, 0.1) is 37.0 Å². The summed E-state index contributed by atoms with van der Waals surface area (Å²) in [5, 5.41) is 11.2. The van der Waals surface area contributed by atoms with Crippen LogP contribution in [0.3, 0.4) is 0 Å². The molecular weight excluding hydrogens is 477 g/mol. The van der Waals surface area contributed by atoms with E-state index in [0.717, 1.165) is 17.0 Å². The number of alkyl halides is 3. The number of methoxy groups -OCH3 is 2. The Morgan fingerprint density at radius 1 is 1.06 bits per heavy atom. The molecule has 0 radical (unpaired) electrons. The maximum atomic E-state index is 13.2. The average molecular weight is 498 g/mol. The zero-order valence-electron chi connectivity index (χ0n) is 19.2. The van der Waals surface area contributed by atoms with Gasteiger partial charge in [-0.2, -0.15) is 13.2 Å². The number of pyridine rings is 1. The van der Waals surface area contributed by atoms with Crippen LogP contribution in [0.25, 0.3) is 5.76 Å². The molecule has 0 bridgehead atoms. The monoisotopic (exact) mass is 498 g/mol. The fourth-order valence-electron chi connectivity index (χ4n) is 4.11. The normalized spacial score (nSPS) is 17.4. The Bertz CT molecular complexity index is 1340. The van der Waals surface area contributed by atoms with Crippen molar-refractivity contribution in [3.8, 4) is 11.5 Å². The molecule has 1 atom stereocenters. The second-order valence-corrected chi connectivity index (χ2v) is 7.98. The Morgan fingerprint density at radius 3 is 2.47 bits per heavy atom. The number of aromatic nitrogens is 1. The highest BCUT2D eigenvalue weighted by atomic mass is 19.4. The van der Waals surface area contributed by atoms with Gasteiger partial charge in [-0.15, -0.1) is 0 Å². The number of ether oxygens (including phenoxy) is 2. The van der Waals surface area contributed by atoms with E-state index in [2.05, 4.69) is 4.98 Å². The fourth-order valence-corrected chi connectivity index (χ4v) is 4.11. The standard InChI is InChI=1S/C26H21F3N2O5/c1-35-18-8-9-19(20(12-18)36-2)23(32)21-22(16-6-4-10-30-13-16)31(25(34)24(21)33)14-15-5-3-7-17(11-15)26(27,28)29/h3-13,22,32H,14H2,1-2H3/b23-21-. The van der Waals surface area contributed by atoms with Gasteiger partial charge in [0.1, 0.15) is 17.3 Å². The molecule has 1 amide bonds. The van der Waals surface area contributed by atoms with E-state index in [9.17, 15) is 27.9 Å². The highest BCUT2D eigenvalue weighted by Crippen LogP contribution is 2.42. The van der Waals surface area contributed by atoms with E-state index >= 15 is 0 Å². The quantitative estimate of drug-likeness (QED) is 0.300. The van der Waals surface area contributed by atoms with E-state index < -0.39 is 35.2 Å². The lowest BCUT2D eigenvalue weighted by atomic mass is 9.95. The molecule has 1 aromatic heterocycles. The lowest BCUT2D eigenvalue weighted by molar-refractivity contribution is -0.140. The number of amides is 1. The third kappa shape index (κ3) is 4.61. The van der Waals surface area contributed by atoms with E-state index in [0.29, 0.717) is 11.3 Å². The summed E-state index contributed by atoms with van der Waals surface area (Å²) in [6.07, 6.45) is -1.65. The molecule has 0 spiro atoms. The predicted octanol–water partition coefficient (Wildman–Crippen LogP) is 4.74. The average Bonchev–Trinajstić information content (AvgIpc) is 3.13.